The standard InChI is InChI=1S/C3H6O3.ClH.Li/c1-5-3(4)6-2;;/h1-2H3;1H;/q;;+1/p-1. The molecule has 0 atom stereocenters. The van der Waals surface area contributed by atoms with Gasteiger partial charge in [-0.25, -0.2) is 4.79 Å². The van der Waals surface area contributed by atoms with E-state index in [0.717, 1.165) is 0 Å². The van der Waals surface area contributed by atoms with Crippen molar-refractivity contribution in [1.82, 2.24) is 0 Å². The van der Waals surface area contributed by atoms with E-state index in [1.165, 1.54) is 31.0 Å². The normalized spacial score (nSPS) is 6.12. The molecule has 0 unspecified atom stereocenters. The molecule has 0 radical (unpaired) electrons. The zero-order chi connectivity index (χ0) is 6.99. The molecular weight excluding hydrogens is 126 g/mol. The Morgan fingerprint density at radius 3 is 1.62 bits per heavy atom. The molecular formula is C3H6ClLiO3. The second-order valence-corrected chi connectivity index (χ2v) is 0.658. The van der Waals surface area contributed by atoms with Crippen molar-refractivity contribution >= 4 is 32.7 Å². The summed E-state index contributed by atoms with van der Waals surface area (Å²) < 4.78 is 8.08. The van der Waals surface area contributed by atoms with Gasteiger partial charge < -0.3 is 9.47 Å². The average molecular weight is 132 g/mol. The summed E-state index contributed by atoms with van der Waals surface area (Å²) in [5.74, 6) is 0. The molecule has 0 aromatic rings. The molecule has 0 aliphatic carbocycles. The number of carbonyl (C=O) groups is 1. The summed E-state index contributed by atoms with van der Waals surface area (Å²) in [6.07, 6.45) is -0.657. The summed E-state index contributed by atoms with van der Waals surface area (Å²) >= 11 is 1.47. The molecule has 0 rings (SSSR count). The first-order valence-corrected chi connectivity index (χ1v) is 2.56. The van der Waals surface area contributed by atoms with Gasteiger partial charge in [0, 0.05) is 0 Å². The van der Waals surface area contributed by atoms with Crippen LogP contribution in [0.2, 0.25) is 0 Å². The molecule has 0 saturated carbocycles. The van der Waals surface area contributed by atoms with Gasteiger partial charge in [-0.05, 0) is 0 Å². The first-order valence-electron chi connectivity index (χ1n) is 1.81. The zero-order valence-electron chi connectivity index (χ0n) is 5.10. The Kier molecular flexibility index (Phi) is 14.1. The summed E-state index contributed by atoms with van der Waals surface area (Å²) in [7, 11) is 7.15. The Bertz CT molecular complexity index is 52.5. The van der Waals surface area contributed by atoms with E-state index in [2.05, 4.69) is 19.3 Å². The number of rotatable bonds is 0. The molecule has 5 heteroatoms. The monoisotopic (exact) mass is 132 g/mol. The fourth-order valence-electron chi connectivity index (χ4n) is 0.0833. The predicted molar refractivity (Wildman–Crippen MR) is 31.0 cm³/mol. The SMILES string of the molecule is COC(=O)OC.[Li][Cl]. The molecule has 0 N–H and O–H groups in total. The van der Waals surface area contributed by atoms with E-state index in [9.17, 15) is 4.79 Å². The summed E-state index contributed by atoms with van der Waals surface area (Å²) in [5, 5.41) is 0. The van der Waals surface area contributed by atoms with E-state index < -0.39 is 6.16 Å². The van der Waals surface area contributed by atoms with Gasteiger partial charge in [0.2, 0.25) is 0 Å². The second kappa shape index (κ2) is 10.2. The maximum absolute atomic E-state index is 9.74. The van der Waals surface area contributed by atoms with E-state index in [1.807, 2.05) is 0 Å². The van der Waals surface area contributed by atoms with Crippen molar-refractivity contribution in [1.29, 1.82) is 0 Å². The summed E-state index contributed by atoms with van der Waals surface area (Å²) in [4.78, 5) is 9.74. The summed E-state index contributed by atoms with van der Waals surface area (Å²) in [5.41, 5.74) is 0. The van der Waals surface area contributed by atoms with E-state index >= 15 is 0 Å². The predicted octanol–water partition coefficient (Wildman–Crippen LogP) is 0.708. The first kappa shape index (κ1) is 11.0. The van der Waals surface area contributed by atoms with Gasteiger partial charge in [0.1, 0.15) is 0 Å². The van der Waals surface area contributed by atoms with Crippen molar-refractivity contribution < 1.29 is 14.3 Å². The van der Waals surface area contributed by atoms with Crippen molar-refractivity contribution in [3.63, 3.8) is 0 Å². The van der Waals surface area contributed by atoms with Gasteiger partial charge in [0.15, 0.2) is 0 Å². The third-order valence-corrected chi connectivity index (χ3v) is 0.333. The second-order valence-electron chi connectivity index (χ2n) is 0.658. The van der Waals surface area contributed by atoms with Crippen LogP contribution in [0.25, 0.3) is 0 Å². The molecule has 0 aromatic heterocycles. The molecule has 44 valence electrons. The van der Waals surface area contributed by atoms with Crippen molar-refractivity contribution in [2.24, 2.45) is 0 Å². The van der Waals surface area contributed by atoms with Gasteiger partial charge >= 0.3 is 32.7 Å². The van der Waals surface area contributed by atoms with Crippen LogP contribution >= 0.6 is 9.80 Å². The fourth-order valence-corrected chi connectivity index (χ4v) is 0.0833. The zero-order valence-corrected chi connectivity index (χ0v) is 5.86. The number of ether oxygens (including phenoxy) is 2. The van der Waals surface area contributed by atoms with E-state index in [1.54, 1.807) is 0 Å². The molecule has 0 aliphatic heterocycles. The summed E-state index contributed by atoms with van der Waals surface area (Å²) in [6, 6.07) is 0. The van der Waals surface area contributed by atoms with E-state index in [4.69, 9.17) is 0 Å². The Morgan fingerprint density at radius 1 is 1.38 bits per heavy atom. The van der Waals surface area contributed by atoms with Crippen molar-refractivity contribution in [2.45, 2.75) is 0 Å². The minimum absolute atomic E-state index is 0.657. The van der Waals surface area contributed by atoms with Crippen LogP contribution in [0.1, 0.15) is 0 Å². The molecule has 0 heterocycles. The van der Waals surface area contributed by atoms with Crippen molar-refractivity contribution in [2.75, 3.05) is 14.2 Å². The maximum atomic E-state index is 9.74. The number of carbonyl (C=O) groups excluding carboxylic acids is 1. The Balaban J connectivity index is 0. The fraction of sp³-hybridized carbons (Fsp3) is 0.667. The number of hydrogen-bond donors (Lipinski definition) is 0. The van der Waals surface area contributed by atoms with Gasteiger partial charge in [-0.2, -0.15) is 0 Å². The number of hydrogen-bond acceptors (Lipinski definition) is 3. The molecule has 0 bridgehead atoms. The van der Waals surface area contributed by atoms with Crippen LogP contribution in [0.15, 0.2) is 0 Å². The number of methoxy groups -OCH3 is 2. The van der Waals surface area contributed by atoms with Crippen LogP contribution in [-0.2, 0) is 9.47 Å². The van der Waals surface area contributed by atoms with Crippen LogP contribution in [-0.4, -0.2) is 37.1 Å². The quantitative estimate of drug-likeness (QED) is 0.360. The molecule has 0 fully saturated rings. The van der Waals surface area contributed by atoms with Crippen molar-refractivity contribution in [3.05, 3.63) is 0 Å². The van der Waals surface area contributed by atoms with Crippen molar-refractivity contribution in [3.8, 4) is 0 Å². The average Bonchev–Trinajstić information content (AvgIpc) is 1.91. The van der Waals surface area contributed by atoms with Gasteiger partial charge in [0.25, 0.3) is 0 Å². The van der Waals surface area contributed by atoms with Crippen LogP contribution in [0.3, 0.4) is 0 Å². The van der Waals surface area contributed by atoms with E-state index in [0.29, 0.717) is 0 Å². The Hall–Kier alpha value is 0.157. The molecule has 8 heavy (non-hydrogen) atoms. The van der Waals surface area contributed by atoms with Gasteiger partial charge in [-0.3, -0.25) is 0 Å². The molecule has 0 spiro atoms. The summed E-state index contributed by atoms with van der Waals surface area (Å²) in [6.45, 7) is 0. The third kappa shape index (κ3) is 9.48. The van der Waals surface area contributed by atoms with Crippen LogP contribution in [0, 0.1) is 0 Å². The van der Waals surface area contributed by atoms with E-state index in [-0.39, 0.29) is 0 Å². The molecule has 0 amide bonds. The van der Waals surface area contributed by atoms with Crippen LogP contribution in [0.4, 0.5) is 4.79 Å². The Morgan fingerprint density at radius 2 is 1.62 bits per heavy atom. The first-order chi connectivity index (χ1) is 3.81. The molecule has 0 saturated heterocycles. The van der Waals surface area contributed by atoms with Crippen LogP contribution in [0.5, 0.6) is 0 Å². The topological polar surface area (TPSA) is 35.5 Å². The Labute approximate surface area is 61.6 Å². The van der Waals surface area contributed by atoms with Gasteiger partial charge in [0.05, 0.1) is 14.2 Å². The number of halogens is 1. The molecule has 0 aromatic carbocycles. The molecule has 0 aliphatic rings. The molecule has 3 nitrogen and oxygen atoms in total. The third-order valence-electron chi connectivity index (χ3n) is 0.333. The minimum atomic E-state index is -0.657. The van der Waals surface area contributed by atoms with Gasteiger partial charge in [-0.15, -0.1) is 0 Å². The van der Waals surface area contributed by atoms with Gasteiger partial charge in [-0.1, -0.05) is 0 Å². The van der Waals surface area contributed by atoms with Crippen LogP contribution < -0.4 is 0 Å².